The largest absolute Gasteiger partial charge is 0.462 e. The Kier molecular flexibility index (Phi) is 10.2. The summed E-state index contributed by atoms with van der Waals surface area (Å²) in [7, 11) is 0. The molecule has 6 heteroatoms. The molecule has 2 fully saturated rings. The summed E-state index contributed by atoms with van der Waals surface area (Å²) in [4.78, 5) is 20.9. The van der Waals surface area contributed by atoms with E-state index >= 15 is 0 Å². The highest BCUT2D eigenvalue weighted by molar-refractivity contribution is 6.01. The van der Waals surface area contributed by atoms with Gasteiger partial charge in [-0.25, -0.2) is 4.79 Å². The third kappa shape index (κ3) is 5.89. The van der Waals surface area contributed by atoms with E-state index in [0.29, 0.717) is 24.8 Å². The minimum Gasteiger partial charge on any atom is -0.462 e. The third-order valence-corrected chi connectivity index (χ3v) is 10.3. The molecule has 0 aliphatic heterocycles. The quantitative estimate of drug-likeness (QED) is 0.211. The fraction of sp³-hybridized carbons (Fsp3) is 0.658. The molecular formula is C38H53N3O3. The number of carbonyl (C=O) groups is 1. The number of carbonyl (C=O) groups excluding carboxylic acids is 1. The molecule has 1 unspecified atom stereocenters. The van der Waals surface area contributed by atoms with Crippen LogP contribution in [0.5, 0.6) is 0 Å². The molecule has 0 heterocycles. The first kappa shape index (κ1) is 34.0. The lowest BCUT2D eigenvalue weighted by Crippen LogP contribution is -2.65. The van der Waals surface area contributed by atoms with Gasteiger partial charge in [-0.2, -0.15) is 15.6 Å². The number of nitriles is 2. The third-order valence-electron chi connectivity index (χ3n) is 10.3. The van der Waals surface area contributed by atoms with Crippen LogP contribution in [0.4, 0.5) is 0 Å². The maximum absolute atomic E-state index is 13.7. The van der Waals surface area contributed by atoms with Gasteiger partial charge in [0.15, 0.2) is 5.60 Å². The van der Waals surface area contributed by atoms with Crippen molar-refractivity contribution in [1.29, 1.82) is 10.5 Å². The normalized spacial score (nSPS) is 19.7. The molecular weight excluding hydrogens is 546 g/mol. The van der Waals surface area contributed by atoms with Crippen molar-refractivity contribution in [2.75, 3.05) is 6.61 Å². The van der Waals surface area contributed by atoms with Gasteiger partial charge in [-0.1, -0.05) is 64.7 Å². The Balaban J connectivity index is 2.18. The number of aryl methyl sites for hydroxylation is 1. The van der Waals surface area contributed by atoms with Crippen molar-refractivity contribution in [2.45, 2.75) is 149 Å². The van der Waals surface area contributed by atoms with Crippen molar-refractivity contribution in [3.63, 3.8) is 0 Å². The number of ether oxygens (including phenoxy) is 1. The molecule has 0 aromatic heterocycles. The molecule has 238 valence electrons. The van der Waals surface area contributed by atoms with Crippen molar-refractivity contribution in [1.82, 2.24) is 5.06 Å². The fourth-order valence-corrected chi connectivity index (χ4v) is 8.06. The van der Waals surface area contributed by atoms with Crippen molar-refractivity contribution in [2.24, 2.45) is 5.41 Å². The summed E-state index contributed by atoms with van der Waals surface area (Å²) >= 11 is 0. The van der Waals surface area contributed by atoms with E-state index in [-0.39, 0.29) is 18.5 Å². The molecule has 0 aromatic rings. The van der Waals surface area contributed by atoms with Crippen LogP contribution in [0.25, 0.3) is 11.1 Å². The maximum atomic E-state index is 13.7. The Bertz CT molecular complexity index is 1380. The molecule has 4 aliphatic carbocycles. The molecule has 2 saturated carbocycles. The van der Waals surface area contributed by atoms with Crippen LogP contribution in [0, 0.1) is 35.0 Å². The minimum absolute atomic E-state index is 0.258. The van der Waals surface area contributed by atoms with E-state index in [1.54, 1.807) is 0 Å². The zero-order valence-corrected chi connectivity index (χ0v) is 28.4. The number of esters is 1. The SMILES string of the molecule is CCOC(=O)c1cc(C(CC)(N(OC2(C#N)CCCCC2)C(C)(C)C)C2(C#N)CCCCC2)c2cc(C(C)C)ccc(C)c1-2. The van der Waals surface area contributed by atoms with Crippen LogP contribution in [-0.4, -0.2) is 28.8 Å². The highest BCUT2D eigenvalue weighted by atomic mass is 16.7. The van der Waals surface area contributed by atoms with E-state index < -0.39 is 22.1 Å². The first-order valence-electron chi connectivity index (χ1n) is 16.9. The molecule has 1 atom stereocenters. The first-order chi connectivity index (χ1) is 20.8. The molecule has 0 amide bonds. The molecule has 0 spiro atoms. The number of hydroxylamine groups is 2. The predicted molar refractivity (Wildman–Crippen MR) is 175 cm³/mol. The van der Waals surface area contributed by atoms with E-state index in [2.05, 4.69) is 83.9 Å². The zero-order chi connectivity index (χ0) is 32.3. The minimum atomic E-state index is -0.965. The van der Waals surface area contributed by atoms with Gasteiger partial charge in [0, 0.05) is 5.54 Å². The number of fused-ring (bicyclic) bond motifs is 1. The number of hydrogen-bond donors (Lipinski definition) is 0. The monoisotopic (exact) mass is 599 g/mol. The van der Waals surface area contributed by atoms with Crippen LogP contribution < -0.4 is 0 Å². The van der Waals surface area contributed by atoms with E-state index in [1.807, 2.05) is 13.0 Å². The lowest BCUT2D eigenvalue weighted by Gasteiger charge is -2.59. The molecule has 0 bridgehead atoms. The van der Waals surface area contributed by atoms with E-state index in [4.69, 9.17) is 9.57 Å². The Hall–Kier alpha value is -2.93. The van der Waals surface area contributed by atoms with Crippen molar-refractivity contribution in [3.8, 4) is 23.3 Å². The van der Waals surface area contributed by atoms with Gasteiger partial charge in [0.05, 0.1) is 35.3 Å². The second-order valence-corrected chi connectivity index (χ2v) is 14.5. The summed E-state index contributed by atoms with van der Waals surface area (Å²) in [5.74, 6) is -0.0960. The van der Waals surface area contributed by atoms with Crippen LogP contribution in [0.2, 0.25) is 0 Å². The van der Waals surface area contributed by atoms with Crippen LogP contribution >= 0.6 is 0 Å². The Morgan fingerprint density at radius 2 is 1.57 bits per heavy atom. The summed E-state index contributed by atoms with van der Waals surface area (Å²) in [5, 5.41) is 24.1. The van der Waals surface area contributed by atoms with Gasteiger partial charge in [0.1, 0.15) is 0 Å². The second-order valence-electron chi connectivity index (χ2n) is 14.5. The summed E-state index contributed by atoms with van der Waals surface area (Å²) in [6, 6.07) is 14.0. The molecule has 0 saturated heterocycles. The number of hydrogen-bond acceptors (Lipinski definition) is 6. The van der Waals surface area contributed by atoms with Crippen LogP contribution in [-0.2, 0) is 15.1 Å². The molecule has 0 radical (unpaired) electrons. The molecule has 0 aromatic carbocycles. The lowest BCUT2D eigenvalue weighted by atomic mass is 9.57. The molecule has 44 heavy (non-hydrogen) atoms. The van der Waals surface area contributed by atoms with Gasteiger partial charge in [0.25, 0.3) is 0 Å². The van der Waals surface area contributed by atoms with Gasteiger partial charge in [0.2, 0.25) is 0 Å². The van der Waals surface area contributed by atoms with Crippen molar-refractivity contribution < 1.29 is 14.4 Å². The van der Waals surface area contributed by atoms with Crippen LogP contribution in [0.3, 0.4) is 0 Å². The zero-order valence-electron chi connectivity index (χ0n) is 28.4. The average molecular weight is 600 g/mol. The Morgan fingerprint density at radius 3 is 2.07 bits per heavy atom. The van der Waals surface area contributed by atoms with Crippen LogP contribution in [0.15, 0.2) is 24.3 Å². The fourth-order valence-electron chi connectivity index (χ4n) is 8.06. The highest BCUT2D eigenvalue weighted by Gasteiger charge is 2.61. The van der Waals surface area contributed by atoms with Gasteiger partial charge in [-0.15, -0.1) is 0 Å². The van der Waals surface area contributed by atoms with Crippen molar-refractivity contribution >= 4 is 5.97 Å². The summed E-state index contributed by atoms with van der Waals surface area (Å²) in [6.07, 6.45) is 9.31. The molecule has 4 aliphatic rings. The Labute approximate surface area is 266 Å². The molecule has 0 N–H and O–H groups in total. The lowest BCUT2D eigenvalue weighted by molar-refractivity contribution is -0.343. The van der Waals surface area contributed by atoms with E-state index in [1.165, 1.54) is 0 Å². The number of rotatable bonds is 9. The second kappa shape index (κ2) is 13.2. The van der Waals surface area contributed by atoms with Crippen molar-refractivity contribution in [3.05, 3.63) is 46.5 Å². The maximum Gasteiger partial charge on any atom is 0.338 e. The smallest absolute Gasteiger partial charge is 0.338 e. The predicted octanol–water partition coefficient (Wildman–Crippen LogP) is 9.74. The topological polar surface area (TPSA) is 86.3 Å². The average Bonchev–Trinajstić information content (AvgIpc) is 3.30. The summed E-state index contributed by atoms with van der Waals surface area (Å²) < 4.78 is 5.65. The van der Waals surface area contributed by atoms with Gasteiger partial charge < -0.3 is 4.74 Å². The van der Waals surface area contributed by atoms with E-state index in [0.717, 1.165) is 79.2 Å². The van der Waals surface area contributed by atoms with Crippen LogP contribution in [0.1, 0.15) is 152 Å². The van der Waals surface area contributed by atoms with Gasteiger partial charge in [-0.05, 0) is 119 Å². The Morgan fingerprint density at radius 1 is 0.955 bits per heavy atom. The summed E-state index contributed by atoms with van der Waals surface area (Å²) in [5.41, 5.74) is 2.17. The molecule has 6 nitrogen and oxygen atoms in total. The van der Waals surface area contributed by atoms with E-state index in [9.17, 15) is 15.3 Å². The molecule has 4 rings (SSSR count). The number of nitrogens with zero attached hydrogens (tertiary/aromatic N) is 3. The standard InChI is InChI=1S/C38H53N3O3/c1-9-38(36(25-39)19-13-11-14-20-36,41(35(6,7)8)44-37(26-40)21-15-12-16-22-37)32-24-31(34(42)43-10-2)33-28(5)17-18-29(27(3)4)23-30(32)33/h17-18,23-24,27H,9-16,19-22H2,1-8H3. The van der Waals surface area contributed by atoms with Gasteiger partial charge >= 0.3 is 5.97 Å². The highest BCUT2D eigenvalue weighted by Crippen LogP contribution is 2.60. The summed E-state index contributed by atoms with van der Waals surface area (Å²) in [6.45, 7) is 17.1. The first-order valence-corrected chi connectivity index (χ1v) is 16.9. The van der Waals surface area contributed by atoms with Gasteiger partial charge in [-0.3, -0.25) is 4.84 Å².